The van der Waals surface area contributed by atoms with E-state index in [0.29, 0.717) is 28.8 Å². The Balaban J connectivity index is 2.61. The van der Waals surface area contributed by atoms with Gasteiger partial charge in [-0.25, -0.2) is 9.78 Å². The molecule has 0 radical (unpaired) electrons. The van der Waals surface area contributed by atoms with Crippen LogP contribution in [0.4, 0.5) is 5.69 Å². The van der Waals surface area contributed by atoms with Gasteiger partial charge in [0.05, 0.1) is 19.3 Å². The standard InChI is InChI=1S/C26H32N2O5/c1-8-19-16(3)27-24(32-7)22(28-25(31)26(4,5)6)21(19)23(30)18-12-10-11-17(15-18)13-14-20(29)33-9-2/h10-15H,8-9H2,1-7H3,(H,28,31)/b14-13+. The quantitative estimate of drug-likeness (QED) is 0.353. The molecule has 0 aliphatic heterocycles. The number of hydrogen-bond donors (Lipinski definition) is 1. The molecule has 0 spiro atoms. The number of aromatic nitrogens is 1. The third kappa shape index (κ3) is 6.28. The lowest BCUT2D eigenvalue weighted by Gasteiger charge is -2.22. The Labute approximate surface area is 195 Å². The van der Waals surface area contributed by atoms with Gasteiger partial charge in [0.25, 0.3) is 0 Å². The van der Waals surface area contributed by atoms with E-state index in [0.717, 1.165) is 5.56 Å². The Morgan fingerprint density at radius 2 is 1.85 bits per heavy atom. The molecule has 0 fully saturated rings. The van der Waals surface area contributed by atoms with Gasteiger partial charge in [-0.1, -0.05) is 45.9 Å². The monoisotopic (exact) mass is 452 g/mol. The maximum Gasteiger partial charge on any atom is 0.330 e. The highest BCUT2D eigenvalue weighted by Crippen LogP contribution is 2.34. The highest BCUT2D eigenvalue weighted by Gasteiger charge is 2.29. The molecule has 7 nitrogen and oxygen atoms in total. The number of ketones is 1. The Morgan fingerprint density at radius 3 is 2.42 bits per heavy atom. The fourth-order valence-electron chi connectivity index (χ4n) is 3.24. The molecule has 0 atom stereocenters. The Kier molecular flexibility index (Phi) is 8.51. The van der Waals surface area contributed by atoms with Gasteiger partial charge in [0, 0.05) is 22.7 Å². The van der Waals surface area contributed by atoms with E-state index in [-0.39, 0.29) is 29.9 Å². The summed E-state index contributed by atoms with van der Waals surface area (Å²) < 4.78 is 10.3. The first-order valence-corrected chi connectivity index (χ1v) is 10.9. The number of esters is 1. The first-order valence-electron chi connectivity index (χ1n) is 10.9. The van der Waals surface area contributed by atoms with E-state index in [4.69, 9.17) is 9.47 Å². The highest BCUT2D eigenvalue weighted by molar-refractivity contribution is 6.16. The van der Waals surface area contributed by atoms with Crippen LogP contribution >= 0.6 is 0 Å². The van der Waals surface area contributed by atoms with E-state index in [1.807, 2.05) is 13.8 Å². The molecule has 0 saturated carbocycles. The summed E-state index contributed by atoms with van der Waals surface area (Å²) in [6.45, 7) is 11.1. The lowest BCUT2D eigenvalue weighted by Crippen LogP contribution is -2.29. The van der Waals surface area contributed by atoms with Crippen LogP contribution in [-0.4, -0.2) is 36.4 Å². The number of pyridine rings is 1. The number of nitrogens with zero attached hydrogens (tertiary/aromatic N) is 1. The highest BCUT2D eigenvalue weighted by atomic mass is 16.5. The molecule has 1 aromatic carbocycles. The van der Waals surface area contributed by atoms with Crippen molar-refractivity contribution in [3.05, 3.63) is 58.3 Å². The fraction of sp³-hybridized carbons (Fsp3) is 0.385. The van der Waals surface area contributed by atoms with Gasteiger partial charge in [-0.2, -0.15) is 0 Å². The number of carbonyl (C=O) groups is 3. The van der Waals surface area contributed by atoms with Gasteiger partial charge in [0.15, 0.2) is 5.78 Å². The maximum atomic E-state index is 13.7. The summed E-state index contributed by atoms with van der Waals surface area (Å²) >= 11 is 0. The minimum absolute atomic E-state index is 0.184. The van der Waals surface area contributed by atoms with E-state index in [9.17, 15) is 14.4 Å². The molecule has 7 heteroatoms. The zero-order chi connectivity index (χ0) is 24.8. The number of amides is 1. The smallest absolute Gasteiger partial charge is 0.330 e. The van der Waals surface area contributed by atoms with Crippen LogP contribution in [0.1, 0.15) is 67.4 Å². The summed E-state index contributed by atoms with van der Waals surface area (Å²) in [5, 5.41) is 2.87. The SMILES string of the molecule is CCOC(=O)/C=C/c1cccc(C(=O)c2c(CC)c(C)nc(OC)c2NC(=O)C(C)(C)C)c1. The molecule has 2 rings (SSSR count). The number of hydrogen-bond acceptors (Lipinski definition) is 6. The first kappa shape index (κ1) is 25.8. The zero-order valence-electron chi connectivity index (χ0n) is 20.4. The van der Waals surface area contributed by atoms with Crippen molar-refractivity contribution in [2.24, 2.45) is 5.41 Å². The second kappa shape index (κ2) is 10.9. The lowest BCUT2D eigenvalue weighted by atomic mass is 9.92. The second-order valence-corrected chi connectivity index (χ2v) is 8.53. The van der Waals surface area contributed by atoms with Crippen LogP contribution in [0.3, 0.4) is 0 Å². The zero-order valence-corrected chi connectivity index (χ0v) is 20.4. The molecule has 0 saturated heterocycles. The topological polar surface area (TPSA) is 94.6 Å². The molecule has 0 aliphatic rings. The molecule has 1 amide bonds. The van der Waals surface area contributed by atoms with Gasteiger partial charge in [-0.05, 0) is 43.5 Å². The number of rotatable bonds is 8. The number of anilines is 1. The van der Waals surface area contributed by atoms with Crippen molar-refractivity contribution >= 4 is 29.4 Å². The van der Waals surface area contributed by atoms with Crippen molar-refractivity contribution in [2.75, 3.05) is 19.0 Å². The average molecular weight is 453 g/mol. The molecule has 2 aromatic rings. The molecule has 1 aromatic heterocycles. The largest absolute Gasteiger partial charge is 0.479 e. The summed E-state index contributed by atoms with van der Waals surface area (Å²) in [5.74, 6) is -0.798. The van der Waals surface area contributed by atoms with Gasteiger partial charge in [0.2, 0.25) is 11.8 Å². The van der Waals surface area contributed by atoms with Crippen molar-refractivity contribution in [3.63, 3.8) is 0 Å². The van der Waals surface area contributed by atoms with Crippen LogP contribution in [0.5, 0.6) is 5.88 Å². The van der Waals surface area contributed by atoms with E-state index in [1.165, 1.54) is 13.2 Å². The Bertz CT molecular complexity index is 1080. The number of ether oxygens (including phenoxy) is 2. The summed E-state index contributed by atoms with van der Waals surface area (Å²) in [7, 11) is 1.45. The van der Waals surface area contributed by atoms with Crippen molar-refractivity contribution in [2.45, 2.75) is 48.0 Å². The number of aryl methyl sites for hydroxylation is 1. The second-order valence-electron chi connectivity index (χ2n) is 8.53. The van der Waals surface area contributed by atoms with Crippen molar-refractivity contribution in [1.82, 2.24) is 4.98 Å². The molecule has 176 valence electrons. The summed E-state index contributed by atoms with van der Waals surface area (Å²) in [6, 6.07) is 6.91. The van der Waals surface area contributed by atoms with Crippen molar-refractivity contribution < 1.29 is 23.9 Å². The number of methoxy groups -OCH3 is 1. The average Bonchev–Trinajstić information content (AvgIpc) is 2.77. The van der Waals surface area contributed by atoms with Crippen LogP contribution in [0.25, 0.3) is 6.08 Å². The van der Waals surface area contributed by atoms with Gasteiger partial charge < -0.3 is 14.8 Å². The van der Waals surface area contributed by atoms with E-state index in [1.54, 1.807) is 58.0 Å². The summed E-state index contributed by atoms with van der Waals surface area (Å²) in [6.07, 6.45) is 3.46. The molecular weight excluding hydrogens is 420 g/mol. The van der Waals surface area contributed by atoms with Gasteiger partial charge in [0.1, 0.15) is 5.69 Å². The minimum Gasteiger partial charge on any atom is -0.479 e. The minimum atomic E-state index is -0.680. The number of benzene rings is 1. The van der Waals surface area contributed by atoms with E-state index < -0.39 is 11.4 Å². The van der Waals surface area contributed by atoms with Crippen LogP contribution in [-0.2, 0) is 20.7 Å². The maximum absolute atomic E-state index is 13.7. The normalized spacial score (nSPS) is 11.4. The molecular formula is C26H32N2O5. The molecule has 0 bridgehead atoms. The Hall–Kier alpha value is -3.48. The molecule has 1 N–H and O–H groups in total. The van der Waals surface area contributed by atoms with Crippen LogP contribution in [0.15, 0.2) is 30.3 Å². The van der Waals surface area contributed by atoms with Crippen molar-refractivity contribution in [1.29, 1.82) is 0 Å². The fourth-order valence-corrected chi connectivity index (χ4v) is 3.24. The van der Waals surface area contributed by atoms with Gasteiger partial charge >= 0.3 is 5.97 Å². The number of carbonyl (C=O) groups excluding carboxylic acids is 3. The summed E-state index contributed by atoms with van der Waals surface area (Å²) in [4.78, 5) is 42.6. The third-order valence-corrected chi connectivity index (χ3v) is 5.01. The lowest BCUT2D eigenvalue weighted by molar-refractivity contribution is -0.137. The summed E-state index contributed by atoms with van der Waals surface area (Å²) in [5.41, 5.74) is 2.41. The van der Waals surface area contributed by atoms with Gasteiger partial charge in [-0.15, -0.1) is 0 Å². The van der Waals surface area contributed by atoms with Crippen LogP contribution in [0, 0.1) is 12.3 Å². The molecule has 33 heavy (non-hydrogen) atoms. The van der Waals surface area contributed by atoms with Crippen LogP contribution in [0.2, 0.25) is 0 Å². The predicted octanol–water partition coefficient (Wildman–Crippen LogP) is 4.75. The predicted molar refractivity (Wildman–Crippen MR) is 129 cm³/mol. The number of nitrogens with one attached hydrogen (secondary N) is 1. The first-order chi connectivity index (χ1) is 15.5. The molecule has 1 heterocycles. The molecule has 0 unspecified atom stereocenters. The van der Waals surface area contributed by atoms with Crippen molar-refractivity contribution in [3.8, 4) is 5.88 Å². The van der Waals surface area contributed by atoms with Gasteiger partial charge in [-0.3, -0.25) is 9.59 Å². The Morgan fingerprint density at radius 1 is 1.15 bits per heavy atom. The molecule has 0 aliphatic carbocycles. The third-order valence-electron chi connectivity index (χ3n) is 5.01. The van der Waals surface area contributed by atoms with E-state index >= 15 is 0 Å². The van der Waals surface area contributed by atoms with E-state index in [2.05, 4.69) is 10.3 Å². The van der Waals surface area contributed by atoms with Crippen LogP contribution < -0.4 is 10.1 Å².